The van der Waals surface area contributed by atoms with Gasteiger partial charge in [0.05, 0.1) is 12.9 Å². The Morgan fingerprint density at radius 1 is 1.56 bits per heavy atom. The van der Waals surface area contributed by atoms with Crippen LogP contribution in [0.2, 0.25) is 0 Å². The van der Waals surface area contributed by atoms with Gasteiger partial charge in [-0.2, -0.15) is 0 Å². The fraction of sp³-hybridized carbons (Fsp3) is 0.182. The van der Waals surface area contributed by atoms with E-state index in [1.165, 1.54) is 42.3 Å². The van der Waals surface area contributed by atoms with Crippen LogP contribution in [0.4, 0.5) is 4.39 Å². The molecule has 0 fully saturated rings. The van der Waals surface area contributed by atoms with Crippen molar-refractivity contribution in [2.45, 2.75) is 4.34 Å². The van der Waals surface area contributed by atoms with Gasteiger partial charge in [0.25, 0.3) is 0 Å². The van der Waals surface area contributed by atoms with Crippen molar-refractivity contribution in [3.05, 3.63) is 35.1 Å². The molecule has 1 heterocycles. The van der Waals surface area contributed by atoms with E-state index in [0.717, 1.165) is 4.34 Å². The average Bonchev–Trinajstić information content (AvgIpc) is 2.89. The van der Waals surface area contributed by atoms with Crippen molar-refractivity contribution in [1.29, 1.82) is 0 Å². The van der Waals surface area contributed by atoms with Crippen LogP contribution in [-0.2, 0) is 0 Å². The summed E-state index contributed by atoms with van der Waals surface area (Å²) in [4.78, 5) is 11.8. The maximum atomic E-state index is 13.4. The van der Waals surface area contributed by atoms with Gasteiger partial charge in [0.2, 0.25) is 0 Å². The molecule has 1 aromatic heterocycles. The number of benzene rings is 1. The summed E-state index contributed by atoms with van der Waals surface area (Å²) in [5.74, 6) is -0.356. The highest BCUT2D eigenvalue weighted by Gasteiger charge is 2.11. The van der Waals surface area contributed by atoms with Crippen molar-refractivity contribution in [3.63, 3.8) is 0 Å². The number of carbonyl (C=O) groups is 1. The van der Waals surface area contributed by atoms with E-state index in [-0.39, 0.29) is 17.3 Å². The van der Waals surface area contributed by atoms with Gasteiger partial charge < -0.3 is 4.74 Å². The van der Waals surface area contributed by atoms with Crippen molar-refractivity contribution in [2.24, 2.45) is 0 Å². The number of halogens is 1. The van der Waals surface area contributed by atoms with Gasteiger partial charge in [-0.05, 0) is 18.2 Å². The normalized spacial score (nSPS) is 10.3. The minimum Gasteiger partial charge on any atom is -0.494 e. The second kappa shape index (κ2) is 5.92. The van der Waals surface area contributed by atoms with E-state index in [1.807, 2.05) is 0 Å². The van der Waals surface area contributed by atoms with E-state index in [0.29, 0.717) is 5.56 Å². The highest BCUT2D eigenvalue weighted by atomic mass is 32.2. The zero-order valence-corrected chi connectivity index (χ0v) is 11.1. The maximum Gasteiger partial charge on any atom is 0.174 e. The summed E-state index contributed by atoms with van der Waals surface area (Å²) in [6.45, 7) is 0. The average molecular weight is 284 g/mol. The second-order valence-corrected chi connectivity index (χ2v) is 5.32. The number of thioether (sulfide) groups is 1. The molecule has 0 saturated carbocycles. The van der Waals surface area contributed by atoms with Crippen molar-refractivity contribution in [3.8, 4) is 5.75 Å². The summed E-state index contributed by atoms with van der Waals surface area (Å²) in [6, 6.07) is 4.17. The monoisotopic (exact) mass is 284 g/mol. The molecule has 2 rings (SSSR count). The highest BCUT2D eigenvalue weighted by molar-refractivity contribution is 8.01. The minimum atomic E-state index is -0.538. The first-order chi connectivity index (χ1) is 8.70. The lowest BCUT2D eigenvalue weighted by Crippen LogP contribution is -2.03. The topological polar surface area (TPSA) is 52.1 Å². The van der Waals surface area contributed by atoms with E-state index in [2.05, 4.69) is 10.2 Å². The number of hydrogen-bond acceptors (Lipinski definition) is 6. The zero-order chi connectivity index (χ0) is 13.0. The molecule has 4 nitrogen and oxygen atoms in total. The number of carbonyl (C=O) groups excluding carboxylic acids is 1. The number of nitrogens with zero attached hydrogens (tertiary/aromatic N) is 2. The molecule has 0 atom stereocenters. The number of methoxy groups -OCH3 is 1. The zero-order valence-electron chi connectivity index (χ0n) is 9.42. The summed E-state index contributed by atoms with van der Waals surface area (Å²) in [5.41, 5.74) is 1.92. The van der Waals surface area contributed by atoms with Gasteiger partial charge in [-0.15, -0.1) is 10.2 Å². The molecule has 0 N–H and O–H groups in total. The first-order valence-corrected chi connectivity index (χ1v) is 6.83. The fourth-order valence-corrected chi connectivity index (χ4v) is 2.66. The second-order valence-electron chi connectivity index (χ2n) is 3.27. The lowest BCUT2D eigenvalue weighted by atomic mass is 10.1. The minimum absolute atomic E-state index is 0.128. The Kier molecular flexibility index (Phi) is 4.27. The Labute approximate surface area is 111 Å². The van der Waals surface area contributed by atoms with Crippen LogP contribution in [0.1, 0.15) is 10.4 Å². The van der Waals surface area contributed by atoms with E-state index < -0.39 is 5.82 Å². The number of ketones is 1. The van der Waals surface area contributed by atoms with Crippen molar-refractivity contribution >= 4 is 28.9 Å². The maximum absolute atomic E-state index is 13.4. The van der Waals surface area contributed by atoms with Gasteiger partial charge in [0.15, 0.2) is 21.7 Å². The van der Waals surface area contributed by atoms with E-state index in [4.69, 9.17) is 4.74 Å². The molecule has 0 spiro atoms. The Morgan fingerprint density at radius 3 is 3.00 bits per heavy atom. The SMILES string of the molecule is COc1ccc(C(=O)CSc2nncs2)cc1F. The third-order valence-electron chi connectivity index (χ3n) is 2.14. The van der Waals surface area contributed by atoms with Gasteiger partial charge in [0, 0.05) is 5.56 Å². The van der Waals surface area contributed by atoms with Gasteiger partial charge in [-0.1, -0.05) is 23.1 Å². The third-order valence-corrected chi connectivity index (χ3v) is 4.00. The van der Waals surface area contributed by atoms with Crippen molar-refractivity contribution in [2.75, 3.05) is 12.9 Å². The largest absolute Gasteiger partial charge is 0.494 e. The number of Topliss-reactive ketones (excluding diaryl/α,β-unsaturated/α-hetero) is 1. The predicted molar refractivity (Wildman–Crippen MR) is 67.9 cm³/mol. The van der Waals surface area contributed by atoms with Crippen LogP contribution in [0.3, 0.4) is 0 Å². The van der Waals surface area contributed by atoms with Gasteiger partial charge in [0.1, 0.15) is 5.51 Å². The third kappa shape index (κ3) is 3.05. The Bertz CT molecular complexity index is 546. The predicted octanol–water partition coefficient (Wildman–Crippen LogP) is 2.66. The molecule has 0 unspecified atom stereocenters. The summed E-state index contributed by atoms with van der Waals surface area (Å²) in [5, 5.41) is 7.48. The Balaban J connectivity index is 2.02. The summed E-state index contributed by atoms with van der Waals surface area (Å²) in [7, 11) is 1.38. The summed E-state index contributed by atoms with van der Waals surface area (Å²) in [6.07, 6.45) is 0. The van der Waals surface area contributed by atoms with E-state index in [9.17, 15) is 9.18 Å². The Hall–Kier alpha value is -1.47. The number of ether oxygens (including phenoxy) is 1. The molecule has 7 heteroatoms. The standard InChI is InChI=1S/C11H9FN2O2S2/c1-16-10-3-2-7(4-8(10)12)9(15)5-17-11-14-13-6-18-11/h2-4,6H,5H2,1H3. The molecule has 0 saturated heterocycles. The molecule has 0 aliphatic heterocycles. The molecule has 0 radical (unpaired) electrons. The first-order valence-electron chi connectivity index (χ1n) is 4.96. The summed E-state index contributed by atoms with van der Waals surface area (Å²) >= 11 is 2.65. The fourth-order valence-electron chi connectivity index (χ4n) is 1.28. The van der Waals surface area contributed by atoms with Crippen LogP contribution >= 0.6 is 23.1 Å². The van der Waals surface area contributed by atoms with Gasteiger partial charge in [-0.3, -0.25) is 4.79 Å². The van der Waals surface area contributed by atoms with E-state index >= 15 is 0 Å². The molecule has 2 aromatic rings. The molecular formula is C11H9FN2O2S2. The number of rotatable bonds is 5. The lowest BCUT2D eigenvalue weighted by molar-refractivity contribution is 0.102. The van der Waals surface area contributed by atoms with Crippen molar-refractivity contribution < 1.29 is 13.9 Å². The Morgan fingerprint density at radius 2 is 2.39 bits per heavy atom. The molecule has 0 aliphatic carbocycles. The molecule has 94 valence electrons. The van der Waals surface area contributed by atoms with Gasteiger partial charge >= 0.3 is 0 Å². The molecule has 1 aromatic carbocycles. The number of hydrogen-bond donors (Lipinski definition) is 0. The van der Waals surface area contributed by atoms with Crippen LogP contribution in [0.5, 0.6) is 5.75 Å². The molecule has 0 aliphatic rings. The quantitative estimate of drug-likeness (QED) is 0.624. The van der Waals surface area contributed by atoms with Crippen LogP contribution in [0, 0.1) is 5.82 Å². The van der Waals surface area contributed by atoms with Crippen LogP contribution in [0.25, 0.3) is 0 Å². The van der Waals surface area contributed by atoms with Crippen LogP contribution in [0.15, 0.2) is 28.0 Å². The molecular weight excluding hydrogens is 275 g/mol. The van der Waals surface area contributed by atoms with E-state index in [1.54, 1.807) is 11.6 Å². The van der Waals surface area contributed by atoms with Crippen molar-refractivity contribution in [1.82, 2.24) is 10.2 Å². The number of aromatic nitrogens is 2. The van der Waals surface area contributed by atoms with Crippen LogP contribution in [-0.4, -0.2) is 28.8 Å². The lowest BCUT2D eigenvalue weighted by Gasteiger charge is -2.03. The highest BCUT2D eigenvalue weighted by Crippen LogP contribution is 2.22. The smallest absolute Gasteiger partial charge is 0.174 e. The van der Waals surface area contributed by atoms with Crippen LogP contribution < -0.4 is 4.74 Å². The first kappa shape index (κ1) is 13.0. The molecule has 18 heavy (non-hydrogen) atoms. The summed E-state index contributed by atoms with van der Waals surface area (Å²) < 4.78 is 18.9. The molecule has 0 amide bonds. The van der Waals surface area contributed by atoms with Gasteiger partial charge in [-0.25, -0.2) is 4.39 Å². The molecule has 0 bridgehead atoms.